The van der Waals surface area contributed by atoms with E-state index in [1.807, 2.05) is 13.8 Å². The summed E-state index contributed by atoms with van der Waals surface area (Å²) < 4.78 is 10.4. The molecule has 0 rings (SSSR count). The molecule has 0 heterocycles. The number of aliphatic hydroxyl groups is 1. The number of rotatable bonds is 6. The highest BCUT2D eigenvalue weighted by Crippen LogP contribution is 1.93. The zero-order chi connectivity index (χ0) is 8.69. The molecule has 0 amide bonds. The Kier molecular flexibility index (Phi) is 6.51. The standard InChI is InChI=1S/C8H18O3/c1-4-10-6-8(3)11-5-7(2)9/h7-9H,4-6H2,1-3H3/t7-,8?/m0/s1. The summed E-state index contributed by atoms with van der Waals surface area (Å²) in [5, 5.41) is 8.86. The molecular formula is C8H18O3. The van der Waals surface area contributed by atoms with E-state index in [2.05, 4.69) is 0 Å². The van der Waals surface area contributed by atoms with E-state index in [9.17, 15) is 0 Å². The molecule has 3 nitrogen and oxygen atoms in total. The minimum Gasteiger partial charge on any atom is -0.391 e. The fourth-order valence-electron chi connectivity index (χ4n) is 0.635. The lowest BCUT2D eigenvalue weighted by Crippen LogP contribution is -2.21. The molecule has 0 bridgehead atoms. The van der Waals surface area contributed by atoms with E-state index in [0.29, 0.717) is 19.8 Å². The Morgan fingerprint density at radius 2 is 1.91 bits per heavy atom. The molecule has 0 aliphatic carbocycles. The van der Waals surface area contributed by atoms with Gasteiger partial charge in [-0.05, 0) is 20.8 Å². The summed E-state index contributed by atoms with van der Waals surface area (Å²) in [6, 6.07) is 0. The number of aliphatic hydroxyl groups excluding tert-OH is 1. The number of hydrogen-bond donors (Lipinski definition) is 1. The van der Waals surface area contributed by atoms with Gasteiger partial charge in [0.15, 0.2) is 0 Å². The van der Waals surface area contributed by atoms with Crippen molar-refractivity contribution < 1.29 is 14.6 Å². The van der Waals surface area contributed by atoms with Crippen LogP contribution in [0.25, 0.3) is 0 Å². The number of ether oxygens (including phenoxy) is 2. The molecule has 0 aromatic carbocycles. The molecule has 0 aliphatic rings. The second-order valence-electron chi connectivity index (χ2n) is 2.65. The molecule has 11 heavy (non-hydrogen) atoms. The van der Waals surface area contributed by atoms with E-state index >= 15 is 0 Å². The maximum atomic E-state index is 8.86. The molecule has 2 atom stereocenters. The Hall–Kier alpha value is -0.120. The molecule has 0 spiro atoms. The smallest absolute Gasteiger partial charge is 0.0781 e. The van der Waals surface area contributed by atoms with Crippen molar-refractivity contribution in [2.75, 3.05) is 19.8 Å². The molecule has 0 aliphatic heterocycles. The van der Waals surface area contributed by atoms with Crippen molar-refractivity contribution in [2.45, 2.75) is 33.0 Å². The Morgan fingerprint density at radius 3 is 2.36 bits per heavy atom. The summed E-state index contributed by atoms with van der Waals surface area (Å²) >= 11 is 0. The van der Waals surface area contributed by atoms with Crippen LogP contribution in [0.2, 0.25) is 0 Å². The highest BCUT2D eigenvalue weighted by atomic mass is 16.5. The molecule has 0 radical (unpaired) electrons. The predicted octanol–water partition coefficient (Wildman–Crippen LogP) is 0.809. The van der Waals surface area contributed by atoms with Crippen LogP contribution in [-0.2, 0) is 9.47 Å². The minimum atomic E-state index is -0.390. The second kappa shape index (κ2) is 6.58. The summed E-state index contributed by atoms with van der Waals surface area (Å²) in [4.78, 5) is 0. The largest absolute Gasteiger partial charge is 0.391 e. The van der Waals surface area contributed by atoms with Gasteiger partial charge in [0.1, 0.15) is 0 Å². The third-order valence-corrected chi connectivity index (χ3v) is 1.18. The Bertz CT molecular complexity index is 83.4. The van der Waals surface area contributed by atoms with E-state index in [4.69, 9.17) is 14.6 Å². The van der Waals surface area contributed by atoms with Gasteiger partial charge in [-0.15, -0.1) is 0 Å². The highest BCUT2D eigenvalue weighted by Gasteiger charge is 2.03. The van der Waals surface area contributed by atoms with Gasteiger partial charge in [-0.25, -0.2) is 0 Å². The normalized spacial score (nSPS) is 16.4. The van der Waals surface area contributed by atoms with Gasteiger partial charge >= 0.3 is 0 Å². The maximum Gasteiger partial charge on any atom is 0.0781 e. The number of hydrogen-bond acceptors (Lipinski definition) is 3. The van der Waals surface area contributed by atoms with E-state index in [1.165, 1.54) is 0 Å². The Balaban J connectivity index is 3.15. The Morgan fingerprint density at radius 1 is 1.27 bits per heavy atom. The van der Waals surface area contributed by atoms with E-state index in [1.54, 1.807) is 6.92 Å². The van der Waals surface area contributed by atoms with Crippen LogP contribution in [0.5, 0.6) is 0 Å². The topological polar surface area (TPSA) is 38.7 Å². The summed E-state index contributed by atoms with van der Waals surface area (Å²) in [6.07, 6.45) is -0.316. The lowest BCUT2D eigenvalue weighted by Gasteiger charge is -2.13. The fourth-order valence-corrected chi connectivity index (χ4v) is 0.635. The van der Waals surface area contributed by atoms with Crippen LogP contribution < -0.4 is 0 Å². The van der Waals surface area contributed by atoms with Crippen LogP contribution in [-0.4, -0.2) is 37.1 Å². The monoisotopic (exact) mass is 162 g/mol. The lowest BCUT2D eigenvalue weighted by molar-refractivity contribution is -0.0344. The fraction of sp³-hybridized carbons (Fsp3) is 1.00. The first-order valence-corrected chi connectivity index (χ1v) is 4.04. The van der Waals surface area contributed by atoms with Crippen molar-refractivity contribution in [3.63, 3.8) is 0 Å². The zero-order valence-corrected chi connectivity index (χ0v) is 7.54. The van der Waals surface area contributed by atoms with Crippen molar-refractivity contribution in [1.82, 2.24) is 0 Å². The van der Waals surface area contributed by atoms with Crippen LogP contribution in [0.1, 0.15) is 20.8 Å². The summed E-state index contributed by atoms with van der Waals surface area (Å²) in [5.74, 6) is 0. The van der Waals surface area contributed by atoms with Gasteiger partial charge in [-0.3, -0.25) is 0 Å². The van der Waals surface area contributed by atoms with Gasteiger partial charge in [0.25, 0.3) is 0 Å². The van der Waals surface area contributed by atoms with E-state index in [-0.39, 0.29) is 12.2 Å². The molecule has 0 aromatic rings. The van der Waals surface area contributed by atoms with E-state index in [0.717, 1.165) is 0 Å². The van der Waals surface area contributed by atoms with Gasteiger partial charge < -0.3 is 14.6 Å². The van der Waals surface area contributed by atoms with Gasteiger partial charge in [-0.1, -0.05) is 0 Å². The summed E-state index contributed by atoms with van der Waals surface area (Å²) in [7, 11) is 0. The zero-order valence-electron chi connectivity index (χ0n) is 7.54. The molecule has 68 valence electrons. The molecule has 0 aromatic heterocycles. The second-order valence-corrected chi connectivity index (χ2v) is 2.65. The Labute approximate surface area is 68.3 Å². The van der Waals surface area contributed by atoms with Crippen LogP contribution in [0.4, 0.5) is 0 Å². The van der Waals surface area contributed by atoms with Crippen molar-refractivity contribution in [1.29, 1.82) is 0 Å². The van der Waals surface area contributed by atoms with Crippen LogP contribution in [0, 0.1) is 0 Å². The first kappa shape index (κ1) is 10.9. The summed E-state index contributed by atoms with van der Waals surface area (Å²) in [5.41, 5.74) is 0. The van der Waals surface area contributed by atoms with Gasteiger partial charge in [0, 0.05) is 6.61 Å². The third-order valence-electron chi connectivity index (χ3n) is 1.18. The molecule has 0 fully saturated rings. The van der Waals surface area contributed by atoms with Gasteiger partial charge in [0.2, 0.25) is 0 Å². The minimum absolute atomic E-state index is 0.0737. The summed E-state index contributed by atoms with van der Waals surface area (Å²) in [6.45, 7) is 7.27. The average molecular weight is 162 g/mol. The quantitative estimate of drug-likeness (QED) is 0.628. The first-order chi connectivity index (χ1) is 5.16. The molecule has 1 unspecified atom stereocenters. The predicted molar refractivity (Wildman–Crippen MR) is 43.6 cm³/mol. The molecule has 3 heteroatoms. The van der Waals surface area contributed by atoms with Crippen LogP contribution >= 0.6 is 0 Å². The highest BCUT2D eigenvalue weighted by molar-refractivity contribution is 4.49. The molecule has 0 saturated heterocycles. The molecule has 1 N–H and O–H groups in total. The maximum absolute atomic E-state index is 8.86. The molecule has 0 saturated carbocycles. The lowest BCUT2D eigenvalue weighted by atomic mass is 10.4. The van der Waals surface area contributed by atoms with Crippen LogP contribution in [0.15, 0.2) is 0 Å². The van der Waals surface area contributed by atoms with Crippen molar-refractivity contribution >= 4 is 0 Å². The van der Waals surface area contributed by atoms with E-state index < -0.39 is 0 Å². The van der Waals surface area contributed by atoms with Crippen LogP contribution in [0.3, 0.4) is 0 Å². The SMILES string of the molecule is CCOCC(C)OC[C@H](C)O. The van der Waals surface area contributed by atoms with Crippen molar-refractivity contribution in [2.24, 2.45) is 0 Å². The van der Waals surface area contributed by atoms with Gasteiger partial charge in [-0.2, -0.15) is 0 Å². The average Bonchev–Trinajstić information content (AvgIpc) is 1.97. The van der Waals surface area contributed by atoms with Gasteiger partial charge in [0.05, 0.1) is 25.4 Å². The molecular weight excluding hydrogens is 144 g/mol. The van der Waals surface area contributed by atoms with Crippen molar-refractivity contribution in [3.05, 3.63) is 0 Å². The third kappa shape index (κ3) is 7.78. The van der Waals surface area contributed by atoms with Crippen molar-refractivity contribution in [3.8, 4) is 0 Å². The first-order valence-electron chi connectivity index (χ1n) is 4.04.